The van der Waals surface area contributed by atoms with Crippen LogP contribution in [-0.2, 0) is 9.53 Å². The molecule has 5 nitrogen and oxygen atoms in total. The topological polar surface area (TPSA) is 67.4 Å². The van der Waals surface area contributed by atoms with E-state index >= 15 is 0 Å². The smallest absolute Gasteiger partial charge is 0.329 e. The van der Waals surface area contributed by atoms with Crippen LogP contribution in [0.25, 0.3) is 0 Å². The van der Waals surface area contributed by atoms with Gasteiger partial charge in [-0.1, -0.05) is 29.3 Å². The van der Waals surface area contributed by atoms with Crippen LogP contribution in [0.3, 0.4) is 0 Å². The van der Waals surface area contributed by atoms with Gasteiger partial charge in [0.1, 0.15) is 6.04 Å². The Hall–Kier alpha value is -1.30. The summed E-state index contributed by atoms with van der Waals surface area (Å²) >= 11 is 11.8. The number of amides is 1. The fourth-order valence-electron chi connectivity index (χ4n) is 1.48. The molecule has 1 atom stereocenters. The molecule has 0 saturated heterocycles. The summed E-state index contributed by atoms with van der Waals surface area (Å²) in [5.41, 5.74) is 0.135. The van der Waals surface area contributed by atoms with E-state index in [1.807, 2.05) is 0 Å². The normalized spacial score (nSPS) is 11.8. The summed E-state index contributed by atoms with van der Waals surface area (Å²) in [5, 5.41) is 5.75. The monoisotopic (exact) mass is 304 g/mol. The Balaban J connectivity index is 2.91. The van der Waals surface area contributed by atoms with Gasteiger partial charge < -0.3 is 15.4 Å². The fraction of sp³-hybridized carbons (Fsp3) is 0.333. The number of esters is 1. The summed E-state index contributed by atoms with van der Waals surface area (Å²) in [7, 11) is 2.91. The predicted octanol–water partition coefficient (Wildman–Crippen LogP) is 1.48. The van der Waals surface area contributed by atoms with Crippen molar-refractivity contribution in [1.82, 2.24) is 10.6 Å². The van der Waals surface area contributed by atoms with Crippen molar-refractivity contribution in [2.75, 3.05) is 20.7 Å². The molecular weight excluding hydrogens is 291 g/mol. The fourth-order valence-corrected chi connectivity index (χ4v) is 2.05. The number of rotatable bonds is 5. The second kappa shape index (κ2) is 7.33. The van der Waals surface area contributed by atoms with E-state index in [0.717, 1.165) is 0 Å². The van der Waals surface area contributed by atoms with E-state index in [9.17, 15) is 9.59 Å². The van der Waals surface area contributed by atoms with E-state index in [4.69, 9.17) is 23.2 Å². The highest BCUT2D eigenvalue weighted by Gasteiger charge is 2.23. The maximum Gasteiger partial charge on any atom is 0.329 e. The molecule has 0 saturated carbocycles. The Morgan fingerprint density at radius 1 is 1.32 bits per heavy atom. The van der Waals surface area contributed by atoms with E-state index in [2.05, 4.69) is 15.4 Å². The lowest BCUT2D eigenvalue weighted by atomic mass is 10.2. The van der Waals surface area contributed by atoms with Gasteiger partial charge in [0.2, 0.25) is 0 Å². The lowest BCUT2D eigenvalue weighted by Gasteiger charge is -2.16. The van der Waals surface area contributed by atoms with Crippen LogP contribution >= 0.6 is 23.2 Å². The number of benzene rings is 1. The number of ether oxygens (including phenoxy) is 1. The zero-order valence-corrected chi connectivity index (χ0v) is 12.0. The Morgan fingerprint density at radius 2 is 1.89 bits per heavy atom. The number of methoxy groups -OCH3 is 1. The van der Waals surface area contributed by atoms with Crippen LogP contribution in [0.15, 0.2) is 18.2 Å². The molecule has 2 N–H and O–H groups in total. The third kappa shape index (κ3) is 4.09. The van der Waals surface area contributed by atoms with Gasteiger partial charge in [0.15, 0.2) is 0 Å². The van der Waals surface area contributed by atoms with E-state index in [1.54, 1.807) is 25.2 Å². The zero-order chi connectivity index (χ0) is 14.4. The van der Waals surface area contributed by atoms with Crippen molar-refractivity contribution in [3.05, 3.63) is 33.8 Å². The second-order valence-electron chi connectivity index (χ2n) is 3.70. The summed E-state index contributed by atoms with van der Waals surface area (Å²) in [6.07, 6.45) is 0. The Morgan fingerprint density at radius 3 is 2.37 bits per heavy atom. The first-order chi connectivity index (χ1) is 9.01. The van der Waals surface area contributed by atoms with E-state index in [0.29, 0.717) is 0 Å². The maximum absolute atomic E-state index is 12.1. The minimum absolute atomic E-state index is 0.135. The molecule has 1 aromatic carbocycles. The highest BCUT2D eigenvalue weighted by molar-refractivity contribution is 6.39. The van der Waals surface area contributed by atoms with Crippen LogP contribution < -0.4 is 10.6 Å². The van der Waals surface area contributed by atoms with Gasteiger partial charge in [-0.15, -0.1) is 0 Å². The van der Waals surface area contributed by atoms with Gasteiger partial charge >= 0.3 is 5.97 Å². The molecule has 0 heterocycles. The van der Waals surface area contributed by atoms with E-state index in [-0.39, 0.29) is 22.2 Å². The Bertz CT molecular complexity index is 460. The van der Waals surface area contributed by atoms with Crippen molar-refractivity contribution in [3.63, 3.8) is 0 Å². The molecule has 1 aromatic rings. The molecule has 0 spiro atoms. The van der Waals surface area contributed by atoms with Gasteiger partial charge in [-0.2, -0.15) is 0 Å². The molecule has 19 heavy (non-hydrogen) atoms. The first-order valence-electron chi connectivity index (χ1n) is 5.48. The van der Waals surface area contributed by atoms with Crippen LogP contribution in [0, 0.1) is 0 Å². The van der Waals surface area contributed by atoms with Gasteiger partial charge in [-0.3, -0.25) is 4.79 Å². The van der Waals surface area contributed by atoms with Crippen LogP contribution in [0.2, 0.25) is 10.0 Å². The third-order valence-electron chi connectivity index (χ3n) is 2.39. The number of carbonyl (C=O) groups is 2. The molecule has 7 heteroatoms. The van der Waals surface area contributed by atoms with Crippen molar-refractivity contribution in [3.8, 4) is 0 Å². The molecule has 0 aromatic heterocycles. The summed E-state index contributed by atoms with van der Waals surface area (Å²) in [4.78, 5) is 23.6. The maximum atomic E-state index is 12.1. The molecule has 1 rings (SSSR count). The number of hydrogen-bond acceptors (Lipinski definition) is 4. The van der Waals surface area contributed by atoms with Crippen LogP contribution in [-0.4, -0.2) is 38.6 Å². The van der Waals surface area contributed by atoms with Crippen molar-refractivity contribution in [2.45, 2.75) is 6.04 Å². The van der Waals surface area contributed by atoms with Crippen molar-refractivity contribution < 1.29 is 14.3 Å². The predicted molar refractivity (Wildman–Crippen MR) is 73.7 cm³/mol. The standard InChI is InChI=1S/C12H14Cl2N2O3/c1-15-6-9(12(18)19-2)16-11(17)10-7(13)4-3-5-8(10)14/h3-5,9,15H,6H2,1-2H3,(H,16,17)/t9-/m0/s1. The van der Waals surface area contributed by atoms with Gasteiger partial charge in [-0.05, 0) is 19.2 Å². The van der Waals surface area contributed by atoms with Crippen molar-refractivity contribution in [1.29, 1.82) is 0 Å². The minimum atomic E-state index is -0.810. The molecule has 0 unspecified atom stereocenters. The molecule has 0 aliphatic rings. The summed E-state index contributed by atoms with van der Waals surface area (Å²) in [6, 6.07) is 3.92. The first-order valence-corrected chi connectivity index (χ1v) is 6.24. The molecule has 0 bridgehead atoms. The number of nitrogens with one attached hydrogen (secondary N) is 2. The van der Waals surface area contributed by atoms with Gasteiger partial charge in [-0.25, -0.2) is 4.79 Å². The van der Waals surface area contributed by atoms with Crippen molar-refractivity contribution >= 4 is 35.1 Å². The SMILES string of the molecule is CNC[C@H](NC(=O)c1c(Cl)cccc1Cl)C(=O)OC. The molecular formula is C12H14Cl2N2O3. The van der Waals surface area contributed by atoms with Crippen molar-refractivity contribution in [2.24, 2.45) is 0 Å². The molecule has 104 valence electrons. The molecule has 0 fully saturated rings. The van der Waals surface area contributed by atoms with Gasteiger partial charge in [0, 0.05) is 6.54 Å². The highest BCUT2D eigenvalue weighted by atomic mass is 35.5. The molecule has 0 aliphatic heterocycles. The van der Waals surface area contributed by atoms with Crippen LogP contribution in [0.1, 0.15) is 10.4 Å². The minimum Gasteiger partial charge on any atom is -0.467 e. The number of likely N-dealkylation sites (N-methyl/N-ethyl adjacent to an activating group) is 1. The molecule has 1 amide bonds. The molecule has 0 radical (unpaired) electrons. The molecule has 0 aliphatic carbocycles. The lowest BCUT2D eigenvalue weighted by molar-refractivity contribution is -0.142. The Labute approximate surface area is 121 Å². The van der Waals surface area contributed by atoms with Crippen LogP contribution in [0.4, 0.5) is 0 Å². The second-order valence-corrected chi connectivity index (χ2v) is 4.52. The lowest BCUT2D eigenvalue weighted by Crippen LogP contribution is -2.47. The van der Waals surface area contributed by atoms with Gasteiger partial charge in [0.25, 0.3) is 5.91 Å². The average molecular weight is 305 g/mol. The quantitative estimate of drug-likeness (QED) is 0.809. The summed E-state index contributed by atoms with van der Waals surface area (Å²) in [5.74, 6) is -1.08. The van der Waals surface area contributed by atoms with Gasteiger partial charge in [0.05, 0.1) is 22.7 Å². The Kier molecular flexibility index (Phi) is 6.08. The highest BCUT2D eigenvalue weighted by Crippen LogP contribution is 2.24. The largest absolute Gasteiger partial charge is 0.467 e. The zero-order valence-electron chi connectivity index (χ0n) is 10.5. The van der Waals surface area contributed by atoms with E-state index in [1.165, 1.54) is 7.11 Å². The third-order valence-corrected chi connectivity index (χ3v) is 3.02. The summed E-state index contributed by atoms with van der Waals surface area (Å²) in [6.45, 7) is 0.237. The number of carbonyl (C=O) groups excluding carboxylic acids is 2. The number of halogens is 2. The first kappa shape index (κ1) is 15.8. The summed E-state index contributed by atoms with van der Waals surface area (Å²) < 4.78 is 4.60. The van der Waals surface area contributed by atoms with E-state index < -0.39 is 17.9 Å². The number of hydrogen-bond donors (Lipinski definition) is 2. The van der Waals surface area contributed by atoms with Crippen LogP contribution in [0.5, 0.6) is 0 Å². The average Bonchev–Trinajstić information content (AvgIpc) is 2.37.